The summed E-state index contributed by atoms with van der Waals surface area (Å²) in [4.78, 5) is 2.17. The van der Waals surface area contributed by atoms with Gasteiger partial charge < -0.3 is 15.4 Å². The number of hydrogen-bond donors (Lipinski definition) is 1. The molecule has 0 fully saturated rings. The van der Waals surface area contributed by atoms with E-state index in [9.17, 15) is 0 Å². The van der Waals surface area contributed by atoms with Crippen molar-refractivity contribution in [2.45, 2.75) is 31.7 Å². The highest BCUT2D eigenvalue weighted by Gasteiger charge is 2.16. The average molecular weight is 261 g/mol. The van der Waals surface area contributed by atoms with Crippen LogP contribution in [0.1, 0.15) is 26.2 Å². The number of hydrogen-bond acceptors (Lipinski definition) is 4. The second-order valence-corrected chi connectivity index (χ2v) is 5.08. The molecule has 0 amide bonds. The highest BCUT2D eigenvalue weighted by atomic mass is 16.5. The number of nitrogens with zero attached hydrogens (tertiary/aromatic N) is 2. The van der Waals surface area contributed by atoms with E-state index >= 15 is 0 Å². The maximum absolute atomic E-state index is 8.85. The SMILES string of the molecule is COc1ccccc1N(C)CCCCC(C)(N)C#N. The van der Waals surface area contributed by atoms with Gasteiger partial charge in [0.05, 0.1) is 18.9 Å². The number of anilines is 1. The minimum Gasteiger partial charge on any atom is -0.495 e. The number of unbranched alkanes of at least 4 members (excludes halogenated alkanes) is 1. The van der Waals surface area contributed by atoms with Crippen LogP contribution in [0, 0.1) is 11.3 Å². The Kier molecular flexibility index (Phi) is 5.65. The van der Waals surface area contributed by atoms with E-state index < -0.39 is 5.54 Å². The number of nitrogens with two attached hydrogens (primary N) is 1. The number of benzene rings is 1. The molecule has 2 N–H and O–H groups in total. The lowest BCUT2D eigenvalue weighted by Gasteiger charge is -2.22. The van der Waals surface area contributed by atoms with Gasteiger partial charge in [-0.15, -0.1) is 0 Å². The molecule has 1 unspecified atom stereocenters. The van der Waals surface area contributed by atoms with E-state index in [1.807, 2.05) is 31.3 Å². The molecule has 0 heterocycles. The van der Waals surface area contributed by atoms with Crippen molar-refractivity contribution in [1.82, 2.24) is 0 Å². The zero-order valence-electron chi connectivity index (χ0n) is 12.0. The van der Waals surface area contributed by atoms with Crippen molar-refractivity contribution in [3.63, 3.8) is 0 Å². The summed E-state index contributed by atoms with van der Waals surface area (Å²) in [5.74, 6) is 0.880. The molecule has 1 rings (SSSR count). The third kappa shape index (κ3) is 4.80. The molecule has 1 aromatic rings. The van der Waals surface area contributed by atoms with Gasteiger partial charge in [-0.2, -0.15) is 5.26 Å². The standard InChI is InChI=1S/C15H23N3O/c1-15(17,12-16)10-6-7-11-18(2)13-8-4-5-9-14(13)19-3/h4-5,8-9H,6-7,10-11,17H2,1-3H3. The van der Waals surface area contributed by atoms with Gasteiger partial charge in [-0.05, 0) is 38.3 Å². The molecule has 4 heteroatoms. The summed E-state index contributed by atoms with van der Waals surface area (Å²) in [6.07, 6.45) is 2.67. The molecule has 0 radical (unpaired) electrons. The van der Waals surface area contributed by atoms with Crippen LogP contribution < -0.4 is 15.4 Å². The minimum absolute atomic E-state index is 0.705. The molecule has 104 valence electrons. The Morgan fingerprint density at radius 2 is 2.05 bits per heavy atom. The first-order valence-corrected chi connectivity index (χ1v) is 6.54. The zero-order valence-corrected chi connectivity index (χ0v) is 12.0. The molecule has 0 bridgehead atoms. The monoisotopic (exact) mass is 261 g/mol. The summed E-state index contributed by atoms with van der Waals surface area (Å²) < 4.78 is 5.34. The molecule has 4 nitrogen and oxygen atoms in total. The lowest BCUT2D eigenvalue weighted by molar-refractivity contribution is 0.414. The summed E-state index contributed by atoms with van der Waals surface area (Å²) in [6.45, 7) is 2.69. The number of nitriles is 1. The Morgan fingerprint density at radius 1 is 1.37 bits per heavy atom. The Bertz CT molecular complexity index is 437. The lowest BCUT2D eigenvalue weighted by atomic mass is 9.98. The maximum Gasteiger partial charge on any atom is 0.142 e. The fraction of sp³-hybridized carbons (Fsp3) is 0.533. The first kappa shape index (κ1) is 15.3. The van der Waals surface area contributed by atoms with Crippen molar-refractivity contribution in [1.29, 1.82) is 5.26 Å². The van der Waals surface area contributed by atoms with Gasteiger partial charge in [0.25, 0.3) is 0 Å². The van der Waals surface area contributed by atoms with E-state index in [-0.39, 0.29) is 0 Å². The molecule has 19 heavy (non-hydrogen) atoms. The van der Waals surface area contributed by atoms with Crippen LogP contribution in [0.3, 0.4) is 0 Å². The van der Waals surface area contributed by atoms with Crippen LogP contribution in [0.5, 0.6) is 5.75 Å². The first-order chi connectivity index (χ1) is 9.00. The molecule has 0 aliphatic carbocycles. The van der Waals surface area contributed by atoms with E-state index in [2.05, 4.69) is 11.0 Å². The predicted octanol–water partition coefficient (Wildman–Crippen LogP) is 2.54. The summed E-state index contributed by atoms with van der Waals surface area (Å²) in [6, 6.07) is 10.1. The maximum atomic E-state index is 8.85. The molecule has 0 spiro atoms. The average Bonchev–Trinajstić information content (AvgIpc) is 2.43. The fourth-order valence-corrected chi connectivity index (χ4v) is 1.96. The van der Waals surface area contributed by atoms with Gasteiger partial charge in [-0.1, -0.05) is 12.1 Å². The van der Waals surface area contributed by atoms with Gasteiger partial charge >= 0.3 is 0 Å². The Balaban J connectivity index is 2.44. The van der Waals surface area contributed by atoms with Gasteiger partial charge in [0.15, 0.2) is 0 Å². The van der Waals surface area contributed by atoms with Crippen molar-refractivity contribution >= 4 is 5.69 Å². The van der Waals surface area contributed by atoms with Crippen LogP contribution >= 0.6 is 0 Å². The molecular weight excluding hydrogens is 238 g/mol. The predicted molar refractivity (Wildman–Crippen MR) is 78.3 cm³/mol. The smallest absolute Gasteiger partial charge is 0.142 e. The quantitative estimate of drug-likeness (QED) is 0.766. The van der Waals surface area contributed by atoms with Gasteiger partial charge in [0.1, 0.15) is 11.3 Å². The van der Waals surface area contributed by atoms with Crippen LogP contribution in [0.25, 0.3) is 0 Å². The molecule has 0 saturated heterocycles. The van der Waals surface area contributed by atoms with E-state index in [0.29, 0.717) is 0 Å². The van der Waals surface area contributed by atoms with E-state index in [1.54, 1.807) is 14.0 Å². The molecular formula is C15H23N3O. The third-order valence-electron chi connectivity index (χ3n) is 3.19. The Hall–Kier alpha value is -1.73. The summed E-state index contributed by atoms with van der Waals surface area (Å²) >= 11 is 0. The molecule has 0 aliphatic heterocycles. The summed E-state index contributed by atoms with van der Waals surface area (Å²) in [5.41, 5.74) is 6.17. The summed E-state index contributed by atoms with van der Waals surface area (Å²) in [5, 5.41) is 8.85. The van der Waals surface area contributed by atoms with Crippen molar-refractivity contribution in [2.75, 3.05) is 25.6 Å². The van der Waals surface area contributed by atoms with Crippen molar-refractivity contribution in [3.05, 3.63) is 24.3 Å². The normalized spacial score (nSPS) is 13.4. The van der Waals surface area contributed by atoms with E-state index in [0.717, 1.165) is 37.2 Å². The zero-order chi connectivity index (χ0) is 14.3. The third-order valence-corrected chi connectivity index (χ3v) is 3.19. The van der Waals surface area contributed by atoms with Crippen molar-refractivity contribution in [2.24, 2.45) is 5.73 Å². The molecule has 0 saturated carbocycles. The van der Waals surface area contributed by atoms with Crippen molar-refractivity contribution in [3.8, 4) is 11.8 Å². The number of ether oxygens (including phenoxy) is 1. The Labute approximate surface area is 115 Å². The van der Waals surface area contributed by atoms with Crippen molar-refractivity contribution < 1.29 is 4.74 Å². The molecule has 1 atom stereocenters. The van der Waals surface area contributed by atoms with Crippen LogP contribution in [0.15, 0.2) is 24.3 Å². The lowest BCUT2D eigenvalue weighted by Crippen LogP contribution is -2.34. The number of rotatable bonds is 7. The van der Waals surface area contributed by atoms with E-state index in [4.69, 9.17) is 15.7 Å². The molecule has 1 aromatic carbocycles. The second kappa shape index (κ2) is 7.01. The Morgan fingerprint density at radius 3 is 2.68 bits per heavy atom. The van der Waals surface area contributed by atoms with Gasteiger partial charge in [-0.25, -0.2) is 0 Å². The largest absolute Gasteiger partial charge is 0.495 e. The highest BCUT2D eigenvalue weighted by molar-refractivity contribution is 5.57. The van der Waals surface area contributed by atoms with Crippen LogP contribution in [-0.2, 0) is 0 Å². The second-order valence-electron chi connectivity index (χ2n) is 5.08. The fourth-order valence-electron chi connectivity index (χ4n) is 1.96. The van der Waals surface area contributed by atoms with Gasteiger partial charge in [0.2, 0.25) is 0 Å². The number of para-hydroxylation sites is 2. The molecule has 0 aliphatic rings. The van der Waals surface area contributed by atoms with E-state index in [1.165, 1.54) is 0 Å². The van der Waals surface area contributed by atoms with Crippen LogP contribution in [0.2, 0.25) is 0 Å². The van der Waals surface area contributed by atoms with Crippen LogP contribution in [0.4, 0.5) is 5.69 Å². The van der Waals surface area contributed by atoms with Gasteiger partial charge in [-0.3, -0.25) is 0 Å². The number of methoxy groups -OCH3 is 1. The summed E-state index contributed by atoms with van der Waals surface area (Å²) in [7, 11) is 3.73. The topological polar surface area (TPSA) is 62.3 Å². The first-order valence-electron chi connectivity index (χ1n) is 6.54. The molecule has 0 aromatic heterocycles. The highest BCUT2D eigenvalue weighted by Crippen LogP contribution is 2.26. The minimum atomic E-state index is -0.705. The van der Waals surface area contributed by atoms with Gasteiger partial charge in [0, 0.05) is 13.6 Å². The van der Waals surface area contributed by atoms with Crippen LogP contribution in [-0.4, -0.2) is 26.2 Å².